The van der Waals surface area contributed by atoms with Crippen LogP contribution in [0.25, 0.3) is 0 Å². The number of nitriles is 1. The molecule has 0 amide bonds. The Morgan fingerprint density at radius 1 is 1.09 bits per heavy atom. The predicted octanol–water partition coefficient (Wildman–Crippen LogP) is 3.87. The minimum absolute atomic E-state index is 0.0527. The van der Waals surface area contributed by atoms with Crippen molar-refractivity contribution in [3.05, 3.63) is 71.3 Å². The number of nitrogens with one attached hydrogen (secondary N) is 1. The van der Waals surface area contributed by atoms with Crippen molar-refractivity contribution >= 4 is 0 Å². The highest BCUT2D eigenvalue weighted by molar-refractivity contribution is 5.26. The van der Waals surface area contributed by atoms with Crippen LogP contribution in [0.2, 0.25) is 0 Å². The van der Waals surface area contributed by atoms with Gasteiger partial charge in [0.25, 0.3) is 0 Å². The summed E-state index contributed by atoms with van der Waals surface area (Å²) in [7, 11) is 0. The van der Waals surface area contributed by atoms with E-state index in [-0.39, 0.29) is 18.7 Å². The maximum atomic E-state index is 9.26. The standard InChI is InChI=1S/C19H22N2O/c1-15(18-10-5-7-16(13-18)14-22)21-19(11-6-12-20)17-8-3-2-4-9-17/h2-5,7-10,13,15,19,21-22H,6,11,14H2,1H3. The number of aliphatic hydroxyl groups is 1. The normalized spacial score (nSPS) is 13.3. The van der Waals surface area contributed by atoms with E-state index in [0.717, 1.165) is 17.5 Å². The Balaban J connectivity index is 2.13. The Hall–Kier alpha value is -2.15. The molecule has 0 bridgehead atoms. The zero-order valence-corrected chi connectivity index (χ0v) is 12.9. The Morgan fingerprint density at radius 2 is 1.82 bits per heavy atom. The van der Waals surface area contributed by atoms with E-state index in [9.17, 15) is 5.11 Å². The van der Waals surface area contributed by atoms with Gasteiger partial charge in [-0.15, -0.1) is 0 Å². The highest BCUT2D eigenvalue weighted by atomic mass is 16.3. The van der Waals surface area contributed by atoms with Crippen LogP contribution in [0.1, 0.15) is 48.5 Å². The molecule has 0 aliphatic carbocycles. The van der Waals surface area contributed by atoms with E-state index in [1.807, 2.05) is 36.4 Å². The molecule has 0 spiro atoms. The molecule has 2 unspecified atom stereocenters. The van der Waals surface area contributed by atoms with Crippen molar-refractivity contribution in [3.63, 3.8) is 0 Å². The fourth-order valence-corrected chi connectivity index (χ4v) is 2.60. The largest absolute Gasteiger partial charge is 0.392 e. The molecule has 3 nitrogen and oxygen atoms in total. The molecule has 2 N–H and O–H groups in total. The van der Waals surface area contributed by atoms with E-state index >= 15 is 0 Å². The van der Waals surface area contributed by atoms with Crippen molar-refractivity contribution in [3.8, 4) is 6.07 Å². The van der Waals surface area contributed by atoms with Crippen LogP contribution in [0.4, 0.5) is 0 Å². The molecule has 2 rings (SSSR count). The minimum atomic E-state index is 0.0527. The first-order valence-electron chi connectivity index (χ1n) is 7.62. The number of benzene rings is 2. The van der Waals surface area contributed by atoms with Crippen LogP contribution in [0, 0.1) is 11.3 Å². The highest BCUT2D eigenvalue weighted by Gasteiger charge is 2.15. The molecular weight excluding hydrogens is 272 g/mol. The topological polar surface area (TPSA) is 56.0 Å². The quantitative estimate of drug-likeness (QED) is 0.815. The van der Waals surface area contributed by atoms with Crippen molar-refractivity contribution in [2.75, 3.05) is 0 Å². The summed E-state index contributed by atoms with van der Waals surface area (Å²) < 4.78 is 0. The monoisotopic (exact) mass is 294 g/mol. The second-order valence-electron chi connectivity index (χ2n) is 5.45. The van der Waals surface area contributed by atoms with E-state index < -0.39 is 0 Å². The fraction of sp³-hybridized carbons (Fsp3) is 0.316. The Kier molecular flexibility index (Phi) is 6.14. The lowest BCUT2D eigenvalue weighted by Gasteiger charge is -2.24. The van der Waals surface area contributed by atoms with Gasteiger partial charge in [-0.2, -0.15) is 5.26 Å². The Labute approximate surface area is 132 Å². The Bertz CT molecular complexity index is 619. The third-order valence-electron chi connectivity index (χ3n) is 3.83. The molecule has 0 saturated heterocycles. The van der Waals surface area contributed by atoms with Crippen LogP contribution >= 0.6 is 0 Å². The molecule has 2 atom stereocenters. The van der Waals surface area contributed by atoms with Crippen LogP contribution in [0.15, 0.2) is 54.6 Å². The molecule has 3 heteroatoms. The molecule has 2 aromatic carbocycles. The summed E-state index contributed by atoms with van der Waals surface area (Å²) in [5.74, 6) is 0. The zero-order chi connectivity index (χ0) is 15.8. The van der Waals surface area contributed by atoms with Crippen LogP contribution in [-0.2, 0) is 6.61 Å². The first-order chi connectivity index (χ1) is 10.7. The van der Waals surface area contributed by atoms with E-state index in [1.165, 1.54) is 5.56 Å². The van der Waals surface area contributed by atoms with Crippen molar-refractivity contribution in [2.24, 2.45) is 0 Å². The van der Waals surface area contributed by atoms with Crippen molar-refractivity contribution in [1.29, 1.82) is 5.26 Å². The van der Waals surface area contributed by atoms with Gasteiger partial charge in [-0.25, -0.2) is 0 Å². The van der Waals surface area contributed by atoms with Gasteiger partial charge in [-0.05, 0) is 30.0 Å². The fourth-order valence-electron chi connectivity index (χ4n) is 2.60. The summed E-state index contributed by atoms with van der Waals surface area (Å²) >= 11 is 0. The third-order valence-corrected chi connectivity index (χ3v) is 3.83. The van der Waals surface area contributed by atoms with Gasteiger partial charge in [0.1, 0.15) is 0 Å². The minimum Gasteiger partial charge on any atom is -0.392 e. The number of nitrogens with zero attached hydrogens (tertiary/aromatic N) is 1. The van der Waals surface area contributed by atoms with Crippen molar-refractivity contribution < 1.29 is 5.11 Å². The van der Waals surface area contributed by atoms with Crippen molar-refractivity contribution in [1.82, 2.24) is 5.32 Å². The highest BCUT2D eigenvalue weighted by Crippen LogP contribution is 2.23. The average Bonchev–Trinajstić information content (AvgIpc) is 2.59. The van der Waals surface area contributed by atoms with E-state index in [2.05, 4.69) is 36.5 Å². The van der Waals surface area contributed by atoms with E-state index in [1.54, 1.807) is 0 Å². The van der Waals surface area contributed by atoms with Gasteiger partial charge in [-0.3, -0.25) is 0 Å². The number of hydrogen-bond donors (Lipinski definition) is 2. The lowest BCUT2D eigenvalue weighted by molar-refractivity contribution is 0.281. The molecule has 0 aliphatic rings. The van der Waals surface area contributed by atoms with Crippen LogP contribution < -0.4 is 5.32 Å². The SMILES string of the molecule is CC(NC(CCC#N)c1ccccc1)c1cccc(CO)c1. The second-order valence-corrected chi connectivity index (χ2v) is 5.45. The molecule has 0 aromatic heterocycles. The zero-order valence-electron chi connectivity index (χ0n) is 12.9. The lowest BCUT2D eigenvalue weighted by Crippen LogP contribution is -2.24. The van der Waals surface area contributed by atoms with Gasteiger partial charge in [0.2, 0.25) is 0 Å². The molecular formula is C19H22N2O. The van der Waals surface area contributed by atoms with E-state index in [0.29, 0.717) is 6.42 Å². The van der Waals surface area contributed by atoms with Gasteiger partial charge in [-0.1, -0.05) is 54.6 Å². The smallest absolute Gasteiger partial charge is 0.0681 e. The maximum absolute atomic E-state index is 9.26. The van der Waals surface area contributed by atoms with Crippen LogP contribution in [0.5, 0.6) is 0 Å². The third kappa shape index (κ3) is 4.42. The van der Waals surface area contributed by atoms with Gasteiger partial charge in [0.15, 0.2) is 0 Å². The summed E-state index contributed by atoms with van der Waals surface area (Å²) in [5.41, 5.74) is 3.26. The maximum Gasteiger partial charge on any atom is 0.0681 e. The summed E-state index contributed by atoms with van der Waals surface area (Å²) in [4.78, 5) is 0. The number of aliphatic hydroxyl groups excluding tert-OH is 1. The Morgan fingerprint density at radius 3 is 2.50 bits per heavy atom. The van der Waals surface area contributed by atoms with Crippen molar-refractivity contribution in [2.45, 2.75) is 38.5 Å². The lowest BCUT2D eigenvalue weighted by atomic mass is 9.99. The van der Waals surface area contributed by atoms with Crippen LogP contribution in [-0.4, -0.2) is 5.11 Å². The second kappa shape index (κ2) is 8.33. The summed E-state index contributed by atoms with van der Waals surface area (Å²) in [5, 5.41) is 21.7. The molecule has 22 heavy (non-hydrogen) atoms. The first kappa shape index (κ1) is 16.2. The molecule has 0 radical (unpaired) electrons. The molecule has 2 aromatic rings. The van der Waals surface area contributed by atoms with Gasteiger partial charge in [0.05, 0.1) is 12.7 Å². The van der Waals surface area contributed by atoms with Gasteiger partial charge < -0.3 is 10.4 Å². The van der Waals surface area contributed by atoms with Gasteiger partial charge in [0, 0.05) is 18.5 Å². The molecule has 0 heterocycles. The number of rotatable bonds is 7. The first-order valence-corrected chi connectivity index (χ1v) is 7.62. The molecule has 114 valence electrons. The molecule has 0 aliphatic heterocycles. The number of hydrogen-bond acceptors (Lipinski definition) is 3. The summed E-state index contributed by atoms with van der Waals surface area (Å²) in [6.07, 6.45) is 1.31. The van der Waals surface area contributed by atoms with E-state index in [4.69, 9.17) is 5.26 Å². The molecule has 0 saturated carbocycles. The van der Waals surface area contributed by atoms with Gasteiger partial charge >= 0.3 is 0 Å². The predicted molar refractivity (Wildman–Crippen MR) is 87.9 cm³/mol. The summed E-state index contributed by atoms with van der Waals surface area (Å²) in [6, 6.07) is 20.7. The molecule has 0 fully saturated rings. The summed E-state index contributed by atoms with van der Waals surface area (Å²) in [6.45, 7) is 2.16. The average molecular weight is 294 g/mol. The van der Waals surface area contributed by atoms with Crippen LogP contribution in [0.3, 0.4) is 0 Å².